The first-order valence-corrected chi connectivity index (χ1v) is 8.03. The number of likely N-dealkylation sites (N-methyl/N-ethyl adjacent to an activating group) is 1. The van der Waals surface area contributed by atoms with E-state index in [0.717, 1.165) is 0 Å². The number of hydrogen-bond acceptors (Lipinski definition) is 5. The standard InChI is InChI=1S/C17H25N3O4/c1-5-24-14-10-17(18,16(14,2)3)15(21)19(4)11-12-8-6-7-9-13(12)20(22)23/h6-9,14H,5,10-11,18H2,1-4H3. The van der Waals surface area contributed by atoms with Crippen molar-refractivity contribution in [2.75, 3.05) is 13.7 Å². The molecule has 1 aliphatic carbocycles. The minimum atomic E-state index is -1.02. The SMILES string of the molecule is CCOC1CC(N)(C(=O)N(C)Cc2ccccc2[N+](=O)[O-])C1(C)C. The number of benzene rings is 1. The smallest absolute Gasteiger partial charge is 0.274 e. The van der Waals surface area contributed by atoms with Gasteiger partial charge >= 0.3 is 0 Å². The molecule has 0 aliphatic heterocycles. The average Bonchev–Trinajstić information content (AvgIpc) is 2.53. The number of para-hydroxylation sites is 1. The van der Waals surface area contributed by atoms with Crippen molar-refractivity contribution in [2.24, 2.45) is 11.1 Å². The molecular weight excluding hydrogens is 310 g/mol. The highest BCUT2D eigenvalue weighted by atomic mass is 16.6. The summed E-state index contributed by atoms with van der Waals surface area (Å²) in [6.07, 6.45) is 0.393. The molecule has 0 heterocycles. The minimum absolute atomic E-state index is 0.00304. The van der Waals surface area contributed by atoms with Crippen molar-refractivity contribution in [3.05, 3.63) is 39.9 Å². The first kappa shape index (κ1) is 18.4. The highest BCUT2D eigenvalue weighted by Gasteiger charge is 2.63. The number of ether oxygens (including phenoxy) is 1. The van der Waals surface area contributed by atoms with Gasteiger partial charge in [0, 0.05) is 37.1 Å². The predicted molar refractivity (Wildman–Crippen MR) is 90.3 cm³/mol. The van der Waals surface area contributed by atoms with Crippen LogP contribution in [0, 0.1) is 15.5 Å². The molecule has 1 aromatic rings. The van der Waals surface area contributed by atoms with Crippen molar-refractivity contribution in [2.45, 2.75) is 45.4 Å². The summed E-state index contributed by atoms with van der Waals surface area (Å²) in [7, 11) is 1.62. The first-order valence-electron chi connectivity index (χ1n) is 8.03. The van der Waals surface area contributed by atoms with Crippen molar-refractivity contribution in [3.63, 3.8) is 0 Å². The molecule has 0 bridgehead atoms. The molecule has 2 atom stereocenters. The molecule has 0 aromatic heterocycles. The van der Waals surface area contributed by atoms with E-state index in [9.17, 15) is 14.9 Å². The Morgan fingerprint density at radius 3 is 2.62 bits per heavy atom. The van der Waals surface area contributed by atoms with Crippen LogP contribution in [0.25, 0.3) is 0 Å². The van der Waals surface area contributed by atoms with Crippen LogP contribution in [0.1, 0.15) is 32.8 Å². The molecule has 0 spiro atoms. The van der Waals surface area contributed by atoms with E-state index in [0.29, 0.717) is 18.6 Å². The number of nitrogens with zero attached hydrogens (tertiary/aromatic N) is 2. The zero-order valence-electron chi connectivity index (χ0n) is 14.6. The van der Waals surface area contributed by atoms with Crippen molar-refractivity contribution in [1.29, 1.82) is 0 Å². The maximum atomic E-state index is 12.9. The normalized spacial score (nSPS) is 25.0. The number of rotatable bonds is 6. The number of hydrogen-bond donors (Lipinski definition) is 1. The second kappa shape index (κ2) is 6.49. The lowest BCUT2D eigenvalue weighted by molar-refractivity contribution is -0.385. The molecule has 0 saturated heterocycles. The number of amides is 1. The summed E-state index contributed by atoms with van der Waals surface area (Å²) < 4.78 is 5.65. The number of carbonyl (C=O) groups excluding carboxylic acids is 1. The van der Waals surface area contributed by atoms with Gasteiger partial charge in [0.15, 0.2) is 0 Å². The summed E-state index contributed by atoms with van der Waals surface area (Å²) in [6.45, 7) is 6.48. The number of nitro benzene ring substituents is 1. The molecule has 1 saturated carbocycles. The van der Waals surface area contributed by atoms with E-state index in [1.54, 1.807) is 25.2 Å². The monoisotopic (exact) mass is 335 g/mol. The van der Waals surface area contributed by atoms with Gasteiger partial charge in [-0.05, 0) is 6.92 Å². The molecule has 2 N–H and O–H groups in total. The van der Waals surface area contributed by atoms with Gasteiger partial charge in [-0.15, -0.1) is 0 Å². The van der Waals surface area contributed by atoms with Crippen LogP contribution in [0.15, 0.2) is 24.3 Å². The van der Waals surface area contributed by atoms with Crippen LogP contribution in [0.2, 0.25) is 0 Å². The van der Waals surface area contributed by atoms with Gasteiger partial charge in [-0.1, -0.05) is 32.0 Å². The highest BCUT2D eigenvalue weighted by Crippen LogP contribution is 2.50. The third-order valence-corrected chi connectivity index (χ3v) is 5.15. The summed E-state index contributed by atoms with van der Waals surface area (Å²) in [5.41, 5.74) is 5.37. The second-order valence-corrected chi connectivity index (χ2v) is 6.89. The van der Waals surface area contributed by atoms with E-state index in [2.05, 4.69) is 0 Å². The van der Waals surface area contributed by atoms with Crippen LogP contribution >= 0.6 is 0 Å². The van der Waals surface area contributed by atoms with Crippen molar-refractivity contribution in [3.8, 4) is 0 Å². The molecule has 132 valence electrons. The molecule has 7 nitrogen and oxygen atoms in total. The Kier molecular flexibility index (Phi) is 4.96. The molecule has 2 rings (SSSR count). The van der Waals surface area contributed by atoms with Gasteiger partial charge in [-0.2, -0.15) is 0 Å². The summed E-state index contributed by atoms with van der Waals surface area (Å²) in [4.78, 5) is 25.0. The molecule has 2 unspecified atom stereocenters. The molecule has 1 amide bonds. The van der Waals surface area contributed by atoms with Crippen LogP contribution < -0.4 is 5.73 Å². The Hall–Kier alpha value is -1.99. The maximum absolute atomic E-state index is 12.9. The lowest BCUT2D eigenvalue weighted by Crippen LogP contribution is -2.75. The van der Waals surface area contributed by atoms with Crippen molar-refractivity contribution < 1.29 is 14.5 Å². The average molecular weight is 335 g/mol. The van der Waals surface area contributed by atoms with Gasteiger partial charge in [0.05, 0.1) is 17.6 Å². The molecule has 24 heavy (non-hydrogen) atoms. The molecule has 1 fully saturated rings. The Labute approximate surface area is 141 Å². The van der Waals surface area contributed by atoms with Crippen molar-refractivity contribution in [1.82, 2.24) is 4.90 Å². The van der Waals surface area contributed by atoms with E-state index in [1.165, 1.54) is 11.0 Å². The molecule has 0 radical (unpaired) electrons. The molecular formula is C17H25N3O4. The van der Waals surface area contributed by atoms with Gasteiger partial charge in [-0.25, -0.2) is 0 Å². The quantitative estimate of drug-likeness (QED) is 0.634. The minimum Gasteiger partial charge on any atom is -0.378 e. The Morgan fingerprint density at radius 1 is 1.46 bits per heavy atom. The lowest BCUT2D eigenvalue weighted by atomic mass is 9.54. The Bertz CT molecular complexity index is 646. The number of carbonyl (C=O) groups is 1. The van der Waals surface area contributed by atoms with E-state index in [-0.39, 0.29) is 24.2 Å². The third-order valence-electron chi connectivity index (χ3n) is 5.15. The van der Waals surface area contributed by atoms with Crippen LogP contribution in [0.3, 0.4) is 0 Å². The van der Waals surface area contributed by atoms with Crippen LogP contribution in [0.5, 0.6) is 0 Å². The van der Waals surface area contributed by atoms with Crippen LogP contribution in [0.4, 0.5) is 5.69 Å². The first-order chi connectivity index (χ1) is 11.1. The Morgan fingerprint density at radius 2 is 2.08 bits per heavy atom. The third kappa shape index (κ3) is 2.89. The topological polar surface area (TPSA) is 98.7 Å². The van der Waals surface area contributed by atoms with E-state index < -0.39 is 15.9 Å². The van der Waals surface area contributed by atoms with E-state index >= 15 is 0 Å². The Balaban J connectivity index is 2.15. The van der Waals surface area contributed by atoms with Gasteiger partial charge in [0.2, 0.25) is 5.91 Å². The zero-order valence-corrected chi connectivity index (χ0v) is 14.6. The van der Waals surface area contributed by atoms with Gasteiger partial charge in [0.1, 0.15) is 5.54 Å². The zero-order chi connectivity index (χ0) is 18.1. The largest absolute Gasteiger partial charge is 0.378 e. The van der Waals surface area contributed by atoms with Crippen molar-refractivity contribution >= 4 is 11.6 Å². The van der Waals surface area contributed by atoms with Gasteiger partial charge in [-0.3, -0.25) is 14.9 Å². The fourth-order valence-corrected chi connectivity index (χ4v) is 3.29. The summed E-state index contributed by atoms with van der Waals surface area (Å²) in [6, 6.07) is 6.41. The highest BCUT2D eigenvalue weighted by molar-refractivity contribution is 5.88. The van der Waals surface area contributed by atoms with Crippen LogP contribution in [-0.2, 0) is 16.1 Å². The summed E-state index contributed by atoms with van der Waals surface area (Å²) in [5.74, 6) is -0.221. The fraction of sp³-hybridized carbons (Fsp3) is 0.588. The molecule has 1 aromatic carbocycles. The number of nitrogens with two attached hydrogens (primary N) is 1. The van der Waals surface area contributed by atoms with E-state index in [1.807, 2.05) is 20.8 Å². The lowest BCUT2D eigenvalue weighted by Gasteiger charge is -2.58. The maximum Gasteiger partial charge on any atom is 0.274 e. The summed E-state index contributed by atoms with van der Waals surface area (Å²) >= 11 is 0. The number of nitro groups is 1. The second-order valence-electron chi connectivity index (χ2n) is 6.89. The molecule has 7 heteroatoms. The predicted octanol–water partition coefficient (Wildman–Crippen LogP) is 2.09. The van der Waals surface area contributed by atoms with E-state index in [4.69, 9.17) is 10.5 Å². The van der Waals surface area contributed by atoms with Gasteiger partial charge < -0.3 is 15.4 Å². The summed E-state index contributed by atoms with van der Waals surface area (Å²) in [5, 5.41) is 11.1. The fourth-order valence-electron chi connectivity index (χ4n) is 3.29. The molecule has 1 aliphatic rings. The van der Waals surface area contributed by atoms with Crippen LogP contribution in [-0.4, -0.2) is 41.0 Å². The van der Waals surface area contributed by atoms with Gasteiger partial charge in [0.25, 0.3) is 5.69 Å².